The fourth-order valence-electron chi connectivity index (χ4n) is 1.76. The van der Waals surface area contributed by atoms with Crippen LogP contribution in [0.5, 0.6) is 0 Å². The van der Waals surface area contributed by atoms with Gasteiger partial charge in [0.15, 0.2) is 5.11 Å². The highest BCUT2D eigenvalue weighted by Gasteiger charge is 2.00. The summed E-state index contributed by atoms with van der Waals surface area (Å²) in [5, 5.41) is 7.61. The Balaban J connectivity index is 1.93. The molecular formula is C15H15BrN4S. The highest BCUT2D eigenvalue weighted by Crippen LogP contribution is 2.15. The zero-order valence-electron chi connectivity index (χ0n) is 11.7. The number of nitrogens with zero attached hydrogens (tertiary/aromatic N) is 2. The largest absolute Gasteiger partial charge is 0.331 e. The lowest BCUT2D eigenvalue weighted by Gasteiger charge is -2.10. The lowest BCUT2D eigenvalue weighted by molar-refractivity contribution is 1.05. The molecule has 1 heterocycles. The normalized spacial score (nSPS) is 10.6. The summed E-state index contributed by atoms with van der Waals surface area (Å²) in [5.74, 6) is 0. The molecule has 2 N–H and O–H groups in total. The predicted octanol–water partition coefficient (Wildman–Crippen LogP) is 3.78. The van der Waals surface area contributed by atoms with E-state index in [2.05, 4.69) is 49.7 Å². The molecule has 4 nitrogen and oxygen atoms in total. The van der Waals surface area contributed by atoms with Crippen molar-refractivity contribution in [3.05, 3.63) is 57.8 Å². The summed E-state index contributed by atoms with van der Waals surface area (Å²) in [4.78, 5) is 4.24. The van der Waals surface area contributed by atoms with E-state index in [0.29, 0.717) is 5.11 Å². The maximum Gasteiger partial charge on any atom is 0.191 e. The van der Waals surface area contributed by atoms with Gasteiger partial charge in [-0.1, -0.05) is 23.8 Å². The molecule has 0 radical (unpaired) electrons. The maximum atomic E-state index is 5.20. The fourth-order valence-corrected chi connectivity index (χ4v) is 2.28. The van der Waals surface area contributed by atoms with Gasteiger partial charge in [-0.2, -0.15) is 5.10 Å². The topological polar surface area (TPSA) is 49.3 Å². The van der Waals surface area contributed by atoms with Crippen LogP contribution in [-0.4, -0.2) is 16.3 Å². The molecule has 21 heavy (non-hydrogen) atoms. The van der Waals surface area contributed by atoms with Gasteiger partial charge < -0.3 is 5.32 Å². The van der Waals surface area contributed by atoms with E-state index in [0.717, 1.165) is 21.5 Å². The van der Waals surface area contributed by atoms with Gasteiger partial charge in [0.25, 0.3) is 0 Å². The first-order valence-corrected chi connectivity index (χ1v) is 7.54. The van der Waals surface area contributed by atoms with Crippen molar-refractivity contribution in [1.82, 2.24) is 10.4 Å². The number of benzene rings is 1. The van der Waals surface area contributed by atoms with Gasteiger partial charge in [0.05, 0.1) is 11.9 Å². The molecular weight excluding hydrogens is 348 g/mol. The van der Waals surface area contributed by atoms with E-state index in [1.54, 1.807) is 6.21 Å². The van der Waals surface area contributed by atoms with Crippen LogP contribution in [0.4, 0.5) is 5.69 Å². The molecule has 1 aromatic heterocycles. The Morgan fingerprint density at radius 2 is 2.10 bits per heavy atom. The van der Waals surface area contributed by atoms with Crippen LogP contribution in [0, 0.1) is 13.8 Å². The minimum absolute atomic E-state index is 0.438. The molecule has 0 aliphatic rings. The van der Waals surface area contributed by atoms with Gasteiger partial charge in [0.2, 0.25) is 0 Å². The number of aryl methyl sites for hydroxylation is 2. The van der Waals surface area contributed by atoms with Gasteiger partial charge in [-0.3, -0.25) is 5.43 Å². The molecule has 0 saturated carbocycles. The van der Waals surface area contributed by atoms with Crippen LogP contribution in [0.15, 0.2) is 46.1 Å². The van der Waals surface area contributed by atoms with Crippen LogP contribution in [0.2, 0.25) is 0 Å². The first kappa shape index (κ1) is 15.6. The number of halogens is 1. The van der Waals surface area contributed by atoms with Crippen molar-refractivity contribution in [1.29, 1.82) is 0 Å². The lowest BCUT2D eigenvalue weighted by Crippen LogP contribution is -2.24. The second kappa shape index (κ2) is 7.28. The average molecular weight is 363 g/mol. The first-order chi connectivity index (χ1) is 10.0. The van der Waals surface area contributed by atoms with E-state index in [1.807, 2.05) is 37.3 Å². The van der Waals surface area contributed by atoms with Crippen molar-refractivity contribution in [2.24, 2.45) is 5.10 Å². The van der Waals surface area contributed by atoms with Crippen LogP contribution in [0.3, 0.4) is 0 Å². The third-order valence-electron chi connectivity index (χ3n) is 2.73. The Morgan fingerprint density at radius 3 is 2.81 bits per heavy atom. The fraction of sp³-hybridized carbons (Fsp3) is 0.133. The number of hydrogen-bond acceptors (Lipinski definition) is 3. The molecule has 0 unspecified atom stereocenters. The van der Waals surface area contributed by atoms with E-state index < -0.39 is 0 Å². The number of hydrazone groups is 1. The van der Waals surface area contributed by atoms with Crippen LogP contribution in [0.25, 0.3) is 0 Å². The number of nitrogens with one attached hydrogen (secondary N) is 2. The smallest absolute Gasteiger partial charge is 0.191 e. The van der Waals surface area contributed by atoms with Crippen LogP contribution in [-0.2, 0) is 0 Å². The molecule has 0 amide bonds. The monoisotopic (exact) mass is 362 g/mol. The number of anilines is 1. The quantitative estimate of drug-likeness (QED) is 0.377. The SMILES string of the molecule is Cc1ccc(NC(=S)NN=Cc2cccc(Br)n2)c(C)c1. The van der Waals surface area contributed by atoms with Crippen molar-refractivity contribution in [3.63, 3.8) is 0 Å². The molecule has 108 valence electrons. The van der Waals surface area contributed by atoms with Crippen molar-refractivity contribution in [2.75, 3.05) is 5.32 Å². The molecule has 0 saturated heterocycles. The number of aromatic nitrogens is 1. The van der Waals surface area contributed by atoms with Crippen LogP contribution >= 0.6 is 28.1 Å². The summed E-state index contributed by atoms with van der Waals surface area (Å²) in [6.07, 6.45) is 1.61. The second-order valence-corrected chi connectivity index (χ2v) is 5.75. The summed E-state index contributed by atoms with van der Waals surface area (Å²) in [7, 11) is 0. The molecule has 0 aliphatic carbocycles. The van der Waals surface area contributed by atoms with E-state index in [9.17, 15) is 0 Å². The Morgan fingerprint density at radius 1 is 1.29 bits per heavy atom. The Bertz CT molecular complexity index is 685. The molecule has 1 aromatic carbocycles. The van der Waals surface area contributed by atoms with Crippen molar-refractivity contribution < 1.29 is 0 Å². The molecule has 2 aromatic rings. The minimum Gasteiger partial charge on any atom is -0.331 e. The van der Waals surface area contributed by atoms with E-state index in [-0.39, 0.29) is 0 Å². The summed E-state index contributed by atoms with van der Waals surface area (Å²) in [5.41, 5.74) is 6.84. The van der Waals surface area contributed by atoms with E-state index in [4.69, 9.17) is 12.2 Å². The number of thiocarbonyl (C=S) groups is 1. The van der Waals surface area contributed by atoms with E-state index in [1.165, 1.54) is 5.56 Å². The van der Waals surface area contributed by atoms with Crippen LogP contribution in [0.1, 0.15) is 16.8 Å². The Labute approximate surface area is 137 Å². The molecule has 0 fully saturated rings. The molecule has 2 rings (SSSR count). The third-order valence-corrected chi connectivity index (χ3v) is 3.36. The van der Waals surface area contributed by atoms with Gasteiger partial charge in [-0.05, 0) is 65.8 Å². The minimum atomic E-state index is 0.438. The van der Waals surface area contributed by atoms with Gasteiger partial charge in [-0.15, -0.1) is 0 Å². The highest BCUT2D eigenvalue weighted by atomic mass is 79.9. The van der Waals surface area contributed by atoms with Crippen molar-refractivity contribution in [3.8, 4) is 0 Å². The first-order valence-electron chi connectivity index (χ1n) is 6.34. The van der Waals surface area contributed by atoms with Gasteiger partial charge >= 0.3 is 0 Å². The number of pyridine rings is 1. The summed E-state index contributed by atoms with van der Waals surface area (Å²) in [6.45, 7) is 4.09. The third kappa shape index (κ3) is 4.91. The Kier molecular flexibility index (Phi) is 5.41. The predicted molar refractivity (Wildman–Crippen MR) is 94.8 cm³/mol. The summed E-state index contributed by atoms with van der Waals surface area (Å²) < 4.78 is 0.766. The zero-order chi connectivity index (χ0) is 15.2. The highest BCUT2D eigenvalue weighted by molar-refractivity contribution is 9.10. The Hall–Kier alpha value is -1.79. The molecule has 6 heteroatoms. The van der Waals surface area contributed by atoms with Gasteiger partial charge in [0.1, 0.15) is 4.60 Å². The molecule has 0 spiro atoms. The second-order valence-electron chi connectivity index (χ2n) is 4.53. The maximum absolute atomic E-state index is 5.20. The molecule has 0 bridgehead atoms. The van der Waals surface area contributed by atoms with Crippen LogP contribution < -0.4 is 10.7 Å². The van der Waals surface area contributed by atoms with Crippen molar-refractivity contribution >= 4 is 45.2 Å². The van der Waals surface area contributed by atoms with Gasteiger partial charge in [0, 0.05) is 5.69 Å². The summed E-state index contributed by atoms with van der Waals surface area (Å²) in [6, 6.07) is 11.7. The standard InChI is InChI=1S/C15H15BrN4S/c1-10-6-7-13(11(2)8-10)19-15(21)20-17-9-12-4-3-5-14(16)18-12/h3-9H,1-2H3,(H2,19,20,21). The summed E-state index contributed by atoms with van der Waals surface area (Å²) >= 11 is 8.51. The molecule has 0 atom stereocenters. The lowest BCUT2D eigenvalue weighted by atomic mass is 10.1. The van der Waals surface area contributed by atoms with E-state index >= 15 is 0 Å². The molecule has 0 aliphatic heterocycles. The zero-order valence-corrected chi connectivity index (χ0v) is 14.1. The average Bonchev–Trinajstić information content (AvgIpc) is 2.42. The number of hydrogen-bond donors (Lipinski definition) is 2. The number of rotatable bonds is 3. The van der Waals surface area contributed by atoms with Crippen molar-refractivity contribution in [2.45, 2.75) is 13.8 Å². The van der Waals surface area contributed by atoms with Gasteiger partial charge in [-0.25, -0.2) is 4.98 Å².